The highest BCUT2D eigenvalue weighted by atomic mass is 16.5. The Hall–Kier alpha value is -2.37. The van der Waals surface area contributed by atoms with Gasteiger partial charge in [-0.25, -0.2) is 0 Å². The van der Waals surface area contributed by atoms with Gasteiger partial charge in [0.15, 0.2) is 6.61 Å². The number of anilines is 1. The van der Waals surface area contributed by atoms with Gasteiger partial charge in [-0.2, -0.15) is 0 Å². The summed E-state index contributed by atoms with van der Waals surface area (Å²) in [5.74, 6) is 0.583. The molecule has 0 unspecified atom stereocenters. The molecule has 0 spiro atoms. The summed E-state index contributed by atoms with van der Waals surface area (Å²) < 4.78 is 5.60. The highest BCUT2D eigenvalue weighted by molar-refractivity contribution is 5.92. The molecule has 0 fully saturated rings. The van der Waals surface area contributed by atoms with Crippen molar-refractivity contribution in [2.75, 3.05) is 39.1 Å². The van der Waals surface area contributed by atoms with Gasteiger partial charge >= 0.3 is 0 Å². The third kappa shape index (κ3) is 4.84. The number of carbonyl (C=O) groups is 1. The number of amides is 1. The number of rotatable bonds is 7. The normalized spacial score (nSPS) is 13.7. The van der Waals surface area contributed by atoms with Crippen molar-refractivity contribution in [3.63, 3.8) is 0 Å². The maximum Gasteiger partial charge on any atom is 0.262 e. The first-order chi connectivity index (χ1) is 12.5. The zero-order valence-electron chi connectivity index (χ0n) is 15.8. The van der Waals surface area contributed by atoms with E-state index in [0.717, 1.165) is 37.4 Å². The Morgan fingerprint density at radius 3 is 2.77 bits per heavy atom. The van der Waals surface area contributed by atoms with E-state index in [1.165, 1.54) is 11.1 Å². The van der Waals surface area contributed by atoms with Crippen LogP contribution in [0.2, 0.25) is 0 Å². The smallest absolute Gasteiger partial charge is 0.262 e. The largest absolute Gasteiger partial charge is 0.484 e. The highest BCUT2D eigenvalue weighted by Gasteiger charge is 2.22. The molecule has 2 aromatic carbocycles. The SMILES string of the molecule is Cc1cccc(OCC(=O)Nc2cccc3c2CN(CCN(C)C)C3)c1. The molecule has 0 saturated heterocycles. The molecule has 138 valence electrons. The second kappa shape index (κ2) is 8.34. The lowest BCUT2D eigenvalue weighted by Crippen LogP contribution is -2.27. The van der Waals surface area contributed by atoms with E-state index >= 15 is 0 Å². The zero-order chi connectivity index (χ0) is 18.5. The molecule has 3 rings (SSSR count). The van der Waals surface area contributed by atoms with E-state index in [-0.39, 0.29) is 12.5 Å². The number of ether oxygens (including phenoxy) is 1. The van der Waals surface area contributed by atoms with E-state index < -0.39 is 0 Å². The average Bonchev–Trinajstić information content (AvgIpc) is 3.02. The third-order valence-corrected chi connectivity index (χ3v) is 4.55. The van der Waals surface area contributed by atoms with E-state index in [2.05, 4.69) is 35.3 Å². The van der Waals surface area contributed by atoms with E-state index in [1.807, 2.05) is 43.3 Å². The Labute approximate surface area is 155 Å². The number of nitrogens with zero attached hydrogens (tertiary/aromatic N) is 2. The first kappa shape index (κ1) is 18.4. The predicted molar refractivity (Wildman–Crippen MR) is 104 cm³/mol. The number of benzene rings is 2. The molecule has 0 bridgehead atoms. The summed E-state index contributed by atoms with van der Waals surface area (Å²) in [5.41, 5.74) is 4.52. The molecule has 0 radical (unpaired) electrons. The van der Waals surface area contributed by atoms with Crippen LogP contribution in [0.5, 0.6) is 5.75 Å². The molecule has 0 aliphatic carbocycles. The summed E-state index contributed by atoms with van der Waals surface area (Å²) in [6, 6.07) is 13.8. The number of carbonyl (C=O) groups excluding carboxylic acids is 1. The van der Waals surface area contributed by atoms with Crippen LogP contribution in [0.25, 0.3) is 0 Å². The molecule has 5 nitrogen and oxygen atoms in total. The molecule has 0 saturated carbocycles. The van der Waals surface area contributed by atoms with Gasteiger partial charge in [-0.15, -0.1) is 0 Å². The Morgan fingerprint density at radius 1 is 1.19 bits per heavy atom. The summed E-state index contributed by atoms with van der Waals surface area (Å²) in [4.78, 5) is 16.9. The van der Waals surface area contributed by atoms with Crippen molar-refractivity contribution < 1.29 is 9.53 Å². The van der Waals surface area contributed by atoms with Gasteiger partial charge in [0.1, 0.15) is 5.75 Å². The maximum atomic E-state index is 12.3. The van der Waals surface area contributed by atoms with Gasteiger partial charge in [0.2, 0.25) is 0 Å². The van der Waals surface area contributed by atoms with E-state index in [0.29, 0.717) is 5.75 Å². The number of fused-ring (bicyclic) bond motifs is 1. The Kier molecular flexibility index (Phi) is 5.91. The van der Waals surface area contributed by atoms with Crippen LogP contribution >= 0.6 is 0 Å². The Bertz CT molecular complexity index is 774. The zero-order valence-corrected chi connectivity index (χ0v) is 15.8. The van der Waals surface area contributed by atoms with Crippen LogP contribution in [0.15, 0.2) is 42.5 Å². The van der Waals surface area contributed by atoms with Crippen molar-refractivity contribution in [3.8, 4) is 5.75 Å². The van der Waals surface area contributed by atoms with Gasteiger partial charge in [-0.05, 0) is 55.9 Å². The fraction of sp³-hybridized carbons (Fsp3) is 0.381. The van der Waals surface area contributed by atoms with Crippen LogP contribution in [0, 0.1) is 6.92 Å². The molecule has 5 heteroatoms. The first-order valence-electron chi connectivity index (χ1n) is 8.98. The topological polar surface area (TPSA) is 44.8 Å². The third-order valence-electron chi connectivity index (χ3n) is 4.55. The van der Waals surface area contributed by atoms with Crippen molar-refractivity contribution >= 4 is 11.6 Å². The second-order valence-corrected chi connectivity index (χ2v) is 7.11. The fourth-order valence-electron chi connectivity index (χ4n) is 3.15. The van der Waals surface area contributed by atoms with E-state index in [4.69, 9.17) is 4.74 Å². The molecule has 26 heavy (non-hydrogen) atoms. The molecule has 1 aliphatic rings. The summed E-state index contributed by atoms with van der Waals surface area (Å²) in [5, 5.41) is 3.01. The molecule has 0 atom stereocenters. The van der Waals surface area contributed by atoms with Crippen LogP contribution in [-0.4, -0.2) is 49.5 Å². The molecule has 1 amide bonds. The van der Waals surface area contributed by atoms with Crippen molar-refractivity contribution in [1.29, 1.82) is 0 Å². The van der Waals surface area contributed by atoms with Crippen LogP contribution < -0.4 is 10.1 Å². The minimum Gasteiger partial charge on any atom is -0.484 e. The van der Waals surface area contributed by atoms with Gasteiger partial charge in [-0.1, -0.05) is 24.3 Å². The Balaban J connectivity index is 1.58. The highest BCUT2D eigenvalue weighted by Crippen LogP contribution is 2.29. The van der Waals surface area contributed by atoms with Crippen LogP contribution in [-0.2, 0) is 17.9 Å². The first-order valence-corrected chi connectivity index (χ1v) is 8.98. The number of nitrogens with one attached hydrogen (secondary N) is 1. The number of hydrogen-bond donors (Lipinski definition) is 1. The van der Waals surface area contributed by atoms with E-state index in [1.54, 1.807) is 0 Å². The average molecular weight is 353 g/mol. The van der Waals surface area contributed by atoms with Crippen LogP contribution in [0.3, 0.4) is 0 Å². The molecule has 1 N–H and O–H groups in total. The molecular formula is C21H27N3O2. The lowest BCUT2D eigenvalue weighted by atomic mass is 10.1. The summed E-state index contributed by atoms with van der Waals surface area (Å²) in [6.45, 7) is 5.87. The van der Waals surface area contributed by atoms with Gasteiger partial charge in [0.05, 0.1) is 0 Å². The van der Waals surface area contributed by atoms with Gasteiger partial charge in [0.25, 0.3) is 5.91 Å². The minimum atomic E-state index is -0.133. The molecule has 2 aromatic rings. The summed E-state index contributed by atoms with van der Waals surface area (Å²) in [7, 11) is 4.17. The quantitative estimate of drug-likeness (QED) is 0.831. The molecule has 1 aliphatic heterocycles. The number of likely N-dealkylation sites (N-methyl/N-ethyl adjacent to an activating group) is 1. The van der Waals surface area contributed by atoms with Gasteiger partial charge in [0, 0.05) is 31.9 Å². The fourth-order valence-corrected chi connectivity index (χ4v) is 3.15. The molecule has 0 aromatic heterocycles. The second-order valence-electron chi connectivity index (χ2n) is 7.11. The van der Waals surface area contributed by atoms with Gasteiger partial charge in [-0.3, -0.25) is 9.69 Å². The standard InChI is InChI=1S/C21H27N3O2/c1-16-6-4-8-18(12-16)26-15-21(25)22-20-9-5-7-17-13-24(14-19(17)20)11-10-23(2)3/h4-9,12H,10-11,13-15H2,1-3H3,(H,22,25). The predicted octanol–water partition coefficient (Wildman–Crippen LogP) is 2.89. The lowest BCUT2D eigenvalue weighted by Gasteiger charge is -2.18. The van der Waals surface area contributed by atoms with Crippen molar-refractivity contribution in [2.45, 2.75) is 20.0 Å². The maximum absolute atomic E-state index is 12.3. The monoisotopic (exact) mass is 353 g/mol. The summed E-state index contributed by atoms with van der Waals surface area (Å²) in [6.07, 6.45) is 0. The summed E-state index contributed by atoms with van der Waals surface area (Å²) >= 11 is 0. The van der Waals surface area contributed by atoms with Gasteiger partial charge < -0.3 is 15.0 Å². The Morgan fingerprint density at radius 2 is 2.00 bits per heavy atom. The van der Waals surface area contributed by atoms with Crippen LogP contribution in [0.4, 0.5) is 5.69 Å². The van der Waals surface area contributed by atoms with Crippen LogP contribution in [0.1, 0.15) is 16.7 Å². The minimum absolute atomic E-state index is 0.0114. The number of hydrogen-bond acceptors (Lipinski definition) is 4. The van der Waals surface area contributed by atoms with Crippen molar-refractivity contribution in [3.05, 3.63) is 59.2 Å². The lowest BCUT2D eigenvalue weighted by molar-refractivity contribution is -0.118. The van der Waals surface area contributed by atoms with Crippen molar-refractivity contribution in [1.82, 2.24) is 9.80 Å². The molecule has 1 heterocycles. The van der Waals surface area contributed by atoms with E-state index in [9.17, 15) is 4.79 Å². The molecular weight excluding hydrogens is 326 g/mol. The number of aryl methyl sites for hydroxylation is 1. The van der Waals surface area contributed by atoms with Crippen molar-refractivity contribution in [2.24, 2.45) is 0 Å².